The molecule has 3 rings (SSSR count). The molecule has 0 amide bonds. The summed E-state index contributed by atoms with van der Waals surface area (Å²) in [5.41, 5.74) is 0.791. The van der Waals surface area contributed by atoms with Gasteiger partial charge >= 0.3 is 0 Å². The minimum absolute atomic E-state index is 0.653. The Kier molecular flexibility index (Phi) is 3.01. The van der Waals surface area contributed by atoms with Crippen molar-refractivity contribution < 1.29 is 5.11 Å². The molecule has 3 aromatic rings. The largest absolute Gasteiger partial charge is 0.380 e. The second-order valence-electron chi connectivity index (χ2n) is 4.42. The van der Waals surface area contributed by atoms with Gasteiger partial charge in [0, 0.05) is 42.3 Å². The molecule has 4 nitrogen and oxygen atoms in total. The second kappa shape index (κ2) is 4.82. The average molecular weight is 253 g/mol. The van der Waals surface area contributed by atoms with Crippen molar-refractivity contribution in [3.8, 4) is 0 Å². The quantitative estimate of drug-likeness (QED) is 0.780. The van der Waals surface area contributed by atoms with Crippen molar-refractivity contribution in [3.63, 3.8) is 0 Å². The van der Waals surface area contributed by atoms with Crippen LogP contribution in [0.15, 0.2) is 49.1 Å². The third-order valence-corrected chi connectivity index (χ3v) is 3.33. The predicted octanol–water partition coefficient (Wildman–Crippen LogP) is 2.53. The Bertz CT molecular complexity index is 700. The molecule has 0 bridgehead atoms. The molecule has 0 aliphatic carbocycles. The molecule has 0 aliphatic heterocycles. The summed E-state index contributed by atoms with van der Waals surface area (Å²) in [6.07, 6.45) is 6.34. The van der Waals surface area contributed by atoms with Gasteiger partial charge in [-0.25, -0.2) is 4.98 Å². The first-order valence-corrected chi connectivity index (χ1v) is 6.33. The lowest BCUT2D eigenvalue weighted by Crippen LogP contribution is -2.09. The van der Waals surface area contributed by atoms with Crippen LogP contribution in [0.4, 0.5) is 0 Å². The number of pyridine rings is 1. The number of hydrogen-bond acceptors (Lipinski definition) is 3. The van der Waals surface area contributed by atoms with Crippen LogP contribution in [0, 0.1) is 0 Å². The van der Waals surface area contributed by atoms with E-state index in [0.29, 0.717) is 5.82 Å². The Morgan fingerprint density at radius 1 is 1.26 bits per heavy atom. The van der Waals surface area contributed by atoms with Crippen LogP contribution in [-0.4, -0.2) is 19.6 Å². The molecule has 1 aromatic carbocycles. The first kappa shape index (κ1) is 11.9. The topological polar surface area (TPSA) is 50.9 Å². The predicted molar refractivity (Wildman–Crippen MR) is 73.7 cm³/mol. The third-order valence-electron chi connectivity index (χ3n) is 3.33. The van der Waals surface area contributed by atoms with Crippen molar-refractivity contribution in [2.24, 2.45) is 0 Å². The van der Waals surface area contributed by atoms with Gasteiger partial charge in [-0.05, 0) is 12.3 Å². The van der Waals surface area contributed by atoms with Crippen molar-refractivity contribution in [1.82, 2.24) is 14.5 Å². The lowest BCUT2D eigenvalue weighted by atomic mass is 10.0. The highest BCUT2D eigenvalue weighted by atomic mass is 16.3. The van der Waals surface area contributed by atoms with E-state index in [1.165, 1.54) is 0 Å². The van der Waals surface area contributed by atoms with E-state index < -0.39 is 6.10 Å². The molecule has 0 fully saturated rings. The van der Waals surface area contributed by atoms with E-state index in [-0.39, 0.29) is 0 Å². The summed E-state index contributed by atoms with van der Waals surface area (Å²) in [6.45, 7) is 2.81. The van der Waals surface area contributed by atoms with E-state index >= 15 is 0 Å². The molecule has 0 saturated carbocycles. The number of nitrogens with zero attached hydrogens (tertiary/aromatic N) is 3. The van der Waals surface area contributed by atoms with Crippen LogP contribution < -0.4 is 0 Å². The Balaban J connectivity index is 2.14. The van der Waals surface area contributed by atoms with Crippen LogP contribution in [-0.2, 0) is 6.54 Å². The molecule has 0 spiro atoms. The average Bonchev–Trinajstić information content (AvgIpc) is 2.94. The first-order chi connectivity index (χ1) is 9.31. The van der Waals surface area contributed by atoms with Crippen LogP contribution in [0.25, 0.3) is 10.8 Å². The molecular formula is C15H15N3O. The Morgan fingerprint density at radius 2 is 2.11 bits per heavy atom. The number of aryl methyl sites for hydroxylation is 1. The standard InChI is InChI=1S/C15H15N3O/c1-2-18-8-7-17-15(18)14(19)13-10-16-9-11-5-3-4-6-12(11)13/h3-10,14,19H,2H2,1H3. The lowest BCUT2D eigenvalue weighted by Gasteiger charge is -2.14. The van der Waals surface area contributed by atoms with Gasteiger partial charge in [0.15, 0.2) is 0 Å². The minimum Gasteiger partial charge on any atom is -0.380 e. The molecule has 2 aromatic heterocycles. The van der Waals surface area contributed by atoms with Gasteiger partial charge in [-0.15, -0.1) is 0 Å². The number of aliphatic hydroxyl groups excluding tert-OH is 1. The maximum atomic E-state index is 10.6. The Morgan fingerprint density at radius 3 is 2.95 bits per heavy atom. The molecule has 0 radical (unpaired) electrons. The first-order valence-electron chi connectivity index (χ1n) is 6.33. The highest BCUT2D eigenvalue weighted by Gasteiger charge is 2.18. The normalized spacial score (nSPS) is 12.7. The van der Waals surface area contributed by atoms with Gasteiger partial charge in [-0.1, -0.05) is 24.3 Å². The third kappa shape index (κ3) is 2.00. The number of hydrogen-bond donors (Lipinski definition) is 1. The van der Waals surface area contributed by atoms with Gasteiger partial charge in [0.05, 0.1) is 0 Å². The number of aromatic nitrogens is 3. The molecular weight excluding hydrogens is 238 g/mol. The molecule has 4 heteroatoms. The maximum absolute atomic E-state index is 10.6. The highest BCUT2D eigenvalue weighted by Crippen LogP contribution is 2.27. The van der Waals surface area contributed by atoms with E-state index in [2.05, 4.69) is 9.97 Å². The zero-order chi connectivity index (χ0) is 13.2. The summed E-state index contributed by atoms with van der Waals surface area (Å²) in [5, 5.41) is 12.6. The van der Waals surface area contributed by atoms with E-state index in [1.54, 1.807) is 18.6 Å². The fraction of sp³-hybridized carbons (Fsp3) is 0.200. The van der Waals surface area contributed by atoms with Gasteiger partial charge in [0.2, 0.25) is 0 Å². The van der Waals surface area contributed by atoms with Crippen LogP contribution in [0.3, 0.4) is 0 Å². The summed E-state index contributed by atoms with van der Waals surface area (Å²) >= 11 is 0. The molecule has 1 atom stereocenters. The summed E-state index contributed by atoms with van der Waals surface area (Å²) in [5.74, 6) is 0.653. The van der Waals surface area contributed by atoms with Gasteiger partial charge in [-0.3, -0.25) is 4.98 Å². The van der Waals surface area contributed by atoms with Gasteiger partial charge in [0.1, 0.15) is 11.9 Å². The fourth-order valence-corrected chi connectivity index (χ4v) is 2.33. The minimum atomic E-state index is -0.756. The van der Waals surface area contributed by atoms with Crippen molar-refractivity contribution in [2.45, 2.75) is 19.6 Å². The molecule has 1 unspecified atom stereocenters. The lowest BCUT2D eigenvalue weighted by molar-refractivity contribution is 0.206. The molecule has 0 saturated heterocycles. The Labute approximate surface area is 111 Å². The van der Waals surface area contributed by atoms with Gasteiger partial charge < -0.3 is 9.67 Å². The monoisotopic (exact) mass is 253 g/mol. The number of fused-ring (bicyclic) bond motifs is 1. The highest BCUT2D eigenvalue weighted by molar-refractivity contribution is 5.85. The van der Waals surface area contributed by atoms with Crippen molar-refractivity contribution in [1.29, 1.82) is 0 Å². The van der Waals surface area contributed by atoms with Crippen LogP contribution in [0.5, 0.6) is 0 Å². The SMILES string of the molecule is CCn1ccnc1C(O)c1cncc2ccccc12. The van der Waals surface area contributed by atoms with Crippen molar-refractivity contribution in [2.75, 3.05) is 0 Å². The van der Waals surface area contributed by atoms with E-state index in [9.17, 15) is 5.11 Å². The molecule has 1 N–H and O–H groups in total. The molecule has 0 aliphatic rings. The summed E-state index contributed by atoms with van der Waals surface area (Å²) in [4.78, 5) is 8.46. The summed E-state index contributed by atoms with van der Waals surface area (Å²) in [7, 11) is 0. The Hall–Kier alpha value is -2.20. The second-order valence-corrected chi connectivity index (χ2v) is 4.42. The smallest absolute Gasteiger partial charge is 0.142 e. The molecule has 2 heterocycles. The summed E-state index contributed by atoms with van der Waals surface area (Å²) < 4.78 is 1.94. The van der Waals surface area contributed by atoms with Crippen molar-refractivity contribution in [3.05, 3.63) is 60.4 Å². The number of imidazole rings is 1. The van der Waals surface area contributed by atoms with Gasteiger partial charge in [0.25, 0.3) is 0 Å². The van der Waals surface area contributed by atoms with E-state index in [4.69, 9.17) is 0 Å². The zero-order valence-electron chi connectivity index (χ0n) is 10.7. The van der Waals surface area contributed by atoms with Crippen LogP contribution >= 0.6 is 0 Å². The molecule has 19 heavy (non-hydrogen) atoms. The van der Waals surface area contributed by atoms with E-state index in [1.807, 2.05) is 42.0 Å². The number of aliphatic hydroxyl groups is 1. The van der Waals surface area contributed by atoms with Gasteiger partial charge in [-0.2, -0.15) is 0 Å². The van der Waals surface area contributed by atoms with E-state index in [0.717, 1.165) is 22.9 Å². The maximum Gasteiger partial charge on any atom is 0.142 e. The van der Waals surface area contributed by atoms with Crippen molar-refractivity contribution >= 4 is 10.8 Å². The molecule has 96 valence electrons. The van der Waals surface area contributed by atoms with Crippen LogP contribution in [0.2, 0.25) is 0 Å². The fourth-order valence-electron chi connectivity index (χ4n) is 2.33. The zero-order valence-corrected chi connectivity index (χ0v) is 10.7. The summed E-state index contributed by atoms with van der Waals surface area (Å²) in [6, 6.07) is 7.91. The van der Waals surface area contributed by atoms with Crippen LogP contribution in [0.1, 0.15) is 24.4 Å². The number of benzene rings is 1. The number of rotatable bonds is 3.